The molecule has 33 heavy (non-hydrogen) atoms. The lowest BCUT2D eigenvalue weighted by atomic mass is 10.1. The Morgan fingerprint density at radius 1 is 1.03 bits per heavy atom. The zero-order valence-electron chi connectivity index (χ0n) is 17.1. The summed E-state index contributed by atoms with van der Waals surface area (Å²) in [6.45, 7) is -1.40. The highest BCUT2D eigenvalue weighted by molar-refractivity contribution is 5.90. The van der Waals surface area contributed by atoms with Gasteiger partial charge in [-0.15, -0.1) is 12.4 Å². The number of hydrogen-bond acceptors (Lipinski definition) is 3. The molecule has 2 amide bonds. The smallest absolute Gasteiger partial charge is 0.329 e. The molecule has 3 heterocycles. The number of aromatic nitrogens is 3. The molecule has 1 aromatic carbocycles. The van der Waals surface area contributed by atoms with Gasteiger partial charge in [-0.3, -0.25) is 9.38 Å². The third-order valence-corrected chi connectivity index (χ3v) is 4.54. The molecule has 6 nitrogen and oxygen atoms in total. The molecule has 0 aliphatic heterocycles. The number of anilines is 1. The van der Waals surface area contributed by atoms with Crippen LogP contribution in [-0.4, -0.2) is 33.1 Å². The van der Waals surface area contributed by atoms with E-state index in [1.54, 1.807) is 35.9 Å². The molecule has 0 saturated heterocycles. The largest absolute Gasteiger partial charge is 0.405 e. The number of fused-ring (bicyclic) bond motifs is 1. The molecule has 0 saturated carbocycles. The van der Waals surface area contributed by atoms with Crippen LogP contribution in [0.2, 0.25) is 0 Å². The van der Waals surface area contributed by atoms with E-state index < -0.39 is 18.8 Å². The van der Waals surface area contributed by atoms with Crippen LogP contribution >= 0.6 is 12.4 Å². The standard InChI is InChI=1S/C23H18F3N5O.ClH/c24-23(25,26)15-29-22(32)30-19-6-3-4-17(13-19)20-14-28-21-12-16(9-11-31(20)21)7-8-18-5-1-2-10-27-18;/h1-14H,15H2,(H2,29,30,32);1H/b8-7+;. The Bertz CT molecular complexity index is 1270. The van der Waals surface area contributed by atoms with Crippen molar-refractivity contribution in [1.82, 2.24) is 19.7 Å². The number of rotatable bonds is 5. The molecule has 10 heteroatoms. The second-order valence-electron chi connectivity index (χ2n) is 6.92. The summed E-state index contributed by atoms with van der Waals surface area (Å²) >= 11 is 0. The average molecular weight is 474 g/mol. The van der Waals surface area contributed by atoms with Gasteiger partial charge in [-0.25, -0.2) is 9.78 Å². The van der Waals surface area contributed by atoms with Gasteiger partial charge in [0, 0.05) is 23.6 Å². The molecule has 170 valence electrons. The molecule has 4 aromatic rings. The first-order chi connectivity index (χ1) is 15.4. The van der Waals surface area contributed by atoms with Crippen LogP contribution in [0.25, 0.3) is 29.1 Å². The Kier molecular flexibility index (Phi) is 7.34. The number of halogens is 4. The number of nitrogens with one attached hydrogen (secondary N) is 2. The summed E-state index contributed by atoms with van der Waals surface area (Å²) in [5.41, 5.74) is 4.43. The van der Waals surface area contributed by atoms with Crippen LogP contribution < -0.4 is 10.6 Å². The number of carbonyl (C=O) groups excluding carboxylic acids is 1. The van der Waals surface area contributed by atoms with Crippen molar-refractivity contribution in [2.24, 2.45) is 0 Å². The maximum atomic E-state index is 12.3. The number of pyridine rings is 2. The highest BCUT2D eigenvalue weighted by Gasteiger charge is 2.27. The number of alkyl halides is 3. The van der Waals surface area contributed by atoms with Crippen molar-refractivity contribution in [3.8, 4) is 11.3 Å². The minimum atomic E-state index is -4.47. The van der Waals surface area contributed by atoms with Crippen LogP contribution in [0.3, 0.4) is 0 Å². The maximum Gasteiger partial charge on any atom is 0.405 e. The van der Waals surface area contributed by atoms with E-state index in [9.17, 15) is 18.0 Å². The van der Waals surface area contributed by atoms with Gasteiger partial charge in [-0.05, 0) is 48.0 Å². The van der Waals surface area contributed by atoms with Crippen LogP contribution in [0, 0.1) is 0 Å². The first kappa shape index (κ1) is 23.8. The molecule has 0 spiro atoms. The van der Waals surface area contributed by atoms with Gasteiger partial charge in [-0.1, -0.05) is 24.3 Å². The lowest BCUT2D eigenvalue weighted by Gasteiger charge is -2.10. The first-order valence-electron chi connectivity index (χ1n) is 9.66. The first-order valence-corrected chi connectivity index (χ1v) is 9.66. The van der Waals surface area contributed by atoms with Gasteiger partial charge in [0.1, 0.15) is 12.2 Å². The van der Waals surface area contributed by atoms with Crippen molar-refractivity contribution in [2.45, 2.75) is 6.18 Å². The third-order valence-electron chi connectivity index (χ3n) is 4.54. The number of imidazole rings is 1. The van der Waals surface area contributed by atoms with Crippen molar-refractivity contribution < 1.29 is 18.0 Å². The number of hydrogen-bond donors (Lipinski definition) is 2. The van der Waals surface area contributed by atoms with E-state index in [1.807, 2.05) is 59.1 Å². The predicted octanol–water partition coefficient (Wildman–Crippen LogP) is 5.67. The monoisotopic (exact) mass is 473 g/mol. The number of carbonyl (C=O) groups is 1. The summed E-state index contributed by atoms with van der Waals surface area (Å²) in [5, 5.41) is 4.19. The van der Waals surface area contributed by atoms with Gasteiger partial charge in [0.05, 0.1) is 17.6 Å². The van der Waals surface area contributed by atoms with Crippen molar-refractivity contribution >= 4 is 41.9 Å². The van der Waals surface area contributed by atoms with Crippen LogP contribution in [0.5, 0.6) is 0 Å². The van der Waals surface area contributed by atoms with Gasteiger partial charge in [0.25, 0.3) is 0 Å². The minimum Gasteiger partial charge on any atom is -0.329 e. The summed E-state index contributed by atoms with van der Waals surface area (Å²) in [6, 6.07) is 15.4. The van der Waals surface area contributed by atoms with E-state index >= 15 is 0 Å². The summed E-state index contributed by atoms with van der Waals surface area (Å²) in [6.07, 6.45) is 4.69. The molecular weight excluding hydrogens is 455 g/mol. The molecule has 0 unspecified atom stereocenters. The molecule has 0 radical (unpaired) electrons. The quantitative estimate of drug-likeness (QED) is 0.392. The fourth-order valence-electron chi connectivity index (χ4n) is 3.08. The summed E-state index contributed by atoms with van der Waals surface area (Å²) in [4.78, 5) is 20.4. The van der Waals surface area contributed by atoms with Crippen LogP contribution in [-0.2, 0) is 0 Å². The Morgan fingerprint density at radius 3 is 2.64 bits per heavy atom. The van der Waals surface area contributed by atoms with Gasteiger partial charge in [0.2, 0.25) is 0 Å². The van der Waals surface area contributed by atoms with E-state index in [1.165, 1.54) is 0 Å². The minimum absolute atomic E-state index is 0. The number of urea groups is 1. The van der Waals surface area contributed by atoms with Gasteiger partial charge in [0.15, 0.2) is 0 Å². The summed E-state index contributed by atoms with van der Waals surface area (Å²) < 4.78 is 38.7. The molecule has 0 bridgehead atoms. The normalized spacial score (nSPS) is 11.4. The second kappa shape index (κ2) is 10.2. The Morgan fingerprint density at radius 2 is 1.88 bits per heavy atom. The molecular formula is C23H19ClF3N5O. The molecule has 0 atom stereocenters. The van der Waals surface area contributed by atoms with Gasteiger partial charge in [-0.2, -0.15) is 13.2 Å². The molecule has 4 rings (SSSR count). The fraction of sp³-hybridized carbons (Fsp3) is 0.0870. The van der Waals surface area contributed by atoms with E-state index in [4.69, 9.17) is 0 Å². The number of benzene rings is 1. The average Bonchev–Trinajstić information content (AvgIpc) is 3.20. The van der Waals surface area contributed by atoms with Crippen LogP contribution in [0.15, 0.2) is 73.2 Å². The maximum absolute atomic E-state index is 12.3. The molecule has 2 N–H and O–H groups in total. The van der Waals surface area contributed by atoms with Gasteiger partial charge >= 0.3 is 12.2 Å². The van der Waals surface area contributed by atoms with Crippen LogP contribution in [0.1, 0.15) is 11.3 Å². The zero-order valence-corrected chi connectivity index (χ0v) is 17.9. The second-order valence-corrected chi connectivity index (χ2v) is 6.92. The van der Waals surface area contributed by atoms with E-state index in [0.717, 1.165) is 28.2 Å². The summed E-state index contributed by atoms with van der Waals surface area (Å²) in [5.74, 6) is 0. The lowest BCUT2D eigenvalue weighted by molar-refractivity contribution is -0.122. The number of nitrogens with zero attached hydrogens (tertiary/aromatic N) is 3. The molecule has 0 aliphatic rings. The third kappa shape index (κ3) is 6.33. The Hall–Kier alpha value is -3.85. The molecule has 3 aromatic heterocycles. The lowest BCUT2D eigenvalue weighted by Crippen LogP contribution is -2.36. The van der Waals surface area contributed by atoms with Crippen LogP contribution in [0.4, 0.5) is 23.7 Å². The highest BCUT2D eigenvalue weighted by atomic mass is 35.5. The van der Waals surface area contributed by atoms with E-state index in [0.29, 0.717) is 5.69 Å². The molecule has 0 aliphatic carbocycles. The SMILES string of the molecule is Cl.O=C(NCC(F)(F)F)Nc1cccc(-c2cnc3cc(/C=C/c4ccccn4)ccn23)c1. The topological polar surface area (TPSA) is 71.3 Å². The van der Waals surface area contributed by atoms with Crippen molar-refractivity contribution in [3.05, 3.63) is 84.4 Å². The van der Waals surface area contributed by atoms with Gasteiger partial charge < -0.3 is 10.6 Å². The van der Waals surface area contributed by atoms with Crippen molar-refractivity contribution in [1.29, 1.82) is 0 Å². The van der Waals surface area contributed by atoms with E-state index in [-0.39, 0.29) is 12.4 Å². The predicted molar refractivity (Wildman–Crippen MR) is 124 cm³/mol. The van der Waals surface area contributed by atoms with Crippen molar-refractivity contribution in [3.63, 3.8) is 0 Å². The molecule has 0 fully saturated rings. The van der Waals surface area contributed by atoms with Crippen molar-refractivity contribution in [2.75, 3.05) is 11.9 Å². The number of amides is 2. The fourth-order valence-corrected chi connectivity index (χ4v) is 3.08. The summed E-state index contributed by atoms with van der Waals surface area (Å²) in [7, 11) is 0. The highest BCUT2D eigenvalue weighted by Crippen LogP contribution is 2.24. The van der Waals surface area contributed by atoms with E-state index in [2.05, 4.69) is 15.3 Å². The Labute approximate surface area is 193 Å². The zero-order chi connectivity index (χ0) is 22.6. The Balaban J connectivity index is 0.00000306.